The standard InChI is InChI=1S/C21H29NO/c1-14-5-15(2)7-19(6-14)20(23)22-4-3-21-11-16-8-17(12-21)10-18(9-16)13-21/h5-7,16-18H,3-4,8-13H2,1-2H3,(H,22,23). The summed E-state index contributed by atoms with van der Waals surface area (Å²) < 4.78 is 0. The van der Waals surface area contributed by atoms with E-state index >= 15 is 0 Å². The van der Waals surface area contributed by atoms with Crippen LogP contribution in [0.25, 0.3) is 0 Å². The van der Waals surface area contributed by atoms with Crippen molar-refractivity contribution in [2.75, 3.05) is 6.54 Å². The Balaban J connectivity index is 1.36. The molecule has 1 amide bonds. The van der Waals surface area contributed by atoms with Crippen LogP contribution < -0.4 is 5.32 Å². The SMILES string of the molecule is Cc1cc(C)cc(C(=O)NCCC23CC4CC(CC(C4)C2)C3)c1. The molecule has 1 aromatic rings. The average Bonchev–Trinajstić information content (AvgIpc) is 2.44. The molecule has 0 radical (unpaired) electrons. The molecule has 0 heterocycles. The summed E-state index contributed by atoms with van der Waals surface area (Å²) in [6.45, 7) is 4.95. The average molecular weight is 311 g/mol. The molecule has 124 valence electrons. The number of hydrogen-bond donors (Lipinski definition) is 1. The summed E-state index contributed by atoms with van der Waals surface area (Å²) in [6, 6.07) is 6.10. The number of aryl methyl sites for hydroxylation is 2. The number of hydrogen-bond acceptors (Lipinski definition) is 1. The third kappa shape index (κ3) is 3.05. The Morgan fingerprint density at radius 3 is 2.04 bits per heavy atom. The topological polar surface area (TPSA) is 29.1 Å². The molecule has 4 bridgehead atoms. The van der Waals surface area contributed by atoms with Crippen molar-refractivity contribution in [1.82, 2.24) is 5.32 Å². The number of benzene rings is 1. The second kappa shape index (κ2) is 5.65. The van der Waals surface area contributed by atoms with Crippen molar-refractivity contribution >= 4 is 5.91 Å². The highest BCUT2D eigenvalue weighted by molar-refractivity contribution is 5.94. The predicted octanol–water partition coefficient (Wildman–Crippen LogP) is 4.64. The summed E-state index contributed by atoms with van der Waals surface area (Å²) in [7, 11) is 0. The molecular weight excluding hydrogens is 282 g/mol. The van der Waals surface area contributed by atoms with Gasteiger partial charge in [-0.2, -0.15) is 0 Å². The lowest BCUT2D eigenvalue weighted by Gasteiger charge is -2.57. The second-order valence-corrected chi connectivity index (χ2v) is 8.80. The summed E-state index contributed by atoms with van der Waals surface area (Å²) in [4.78, 5) is 12.4. The van der Waals surface area contributed by atoms with Gasteiger partial charge < -0.3 is 5.32 Å². The van der Waals surface area contributed by atoms with Crippen LogP contribution in [0.15, 0.2) is 18.2 Å². The van der Waals surface area contributed by atoms with Crippen molar-refractivity contribution in [3.63, 3.8) is 0 Å². The minimum absolute atomic E-state index is 0.0986. The van der Waals surface area contributed by atoms with E-state index in [2.05, 4.69) is 25.2 Å². The van der Waals surface area contributed by atoms with Gasteiger partial charge in [0, 0.05) is 12.1 Å². The highest BCUT2D eigenvalue weighted by Gasteiger charge is 2.50. The van der Waals surface area contributed by atoms with E-state index < -0.39 is 0 Å². The van der Waals surface area contributed by atoms with Gasteiger partial charge in [-0.25, -0.2) is 0 Å². The van der Waals surface area contributed by atoms with Gasteiger partial charge in [0.25, 0.3) is 5.91 Å². The van der Waals surface area contributed by atoms with Crippen LogP contribution in [-0.4, -0.2) is 12.5 Å². The fourth-order valence-corrected chi connectivity index (χ4v) is 6.25. The number of nitrogens with one attached hydrogen (secondary N) is 1. The Morgan fingerprint density at radius 2 is 1.52 bits per heavy atom. The lowest BCUT2D eigenvalue weighted by Crippen LogP contribution is -2.47. The van der Waals surface area contributed by atoms with Crippen LogP contribution in [0.1, 0.15) is 66.4 Å². The molecule has 23 heavy (non-hydrogen) atoms. The first-order valence-corrected chi connectivity index (χ1v) is 9.38. The van der Waals surface area contributed by atoms with Crippen molar-refractivity contribution in [1.29, 1.82) is 0 Å². The Bertz CT molecular complexity index is 563. The van der Waals surface area contributed by atoms with Crippen molar-refractivity contribution in [3.05, 3.63) is 34.9 Å². The van der Waals surface area contributed by atoms with E-state index in [0.29, 0.717) is 5.41 Å². The van der Waals surface area contributed by atoms with Crippen molar-refractivity contribution in [2.24, 2.45) is 23.2 Å². The third-order valence-corrected chi connectivity index (χ3v) is 6.59. The van der Waals surface area contributed by atoms with E-state index in [4.69, 9.17) is 0 Å². The van der Waals surface area contributed by atoms with Gasteiger partial charge in [0.2, 0.25) is 0 Å². The molecule has 4 saturated carbocycles. The maximum Gasteiger partial charge on any atom is 0.251 e. The summed E-state index contributed by atoms with van der Waals surface area (Å²) in [5.74, 6) is 3.09. The number of amides is 1. The van der Waals surface area contributed by atoms with Gasteiger partial charge in [0.05, 0.1) is 0 Å². The van der Waals surface area contributed by atoms with Gasteiger partial charge in [0.15, 0.2) is 0 Å². The Morgan fingerprint density at radius 1 is 1.00 bits per heavy atom. The van der Waals surface area contributed by atoms with Crippen molar-refractivity contribution in [2.45, 2.75) is 58.8 Å². The van der Waals surface area contributed by atoms with E-state index in [1.165, 1.54) is 44.9 Å². The quantitative estimate of drug-likeness (QED) is 0.862. The molecule has 0 aromatic heterocycles. The Kier molecular flexibility index (Phi) is 3.74. The van der Waals surface area contributed by atoms with Crippen LogP contribution in [-0.2, 0) is 0 Å². The molecule has 0 unspecified atom stereocenters. The van der Waals surface area contributed by atoms with Crippen molar-refractivity contribution in [3.8, 4) is 0 Å². The zero-order chi connectivity index (χ0) is 16.0. The minimum Gasteiger partial charge on any atom is -0.352 e. The highest BCUT2D eigenvalue weighted by Crippen LogP contribution is 2.61. The number of carbonyl (C=O) groups is 1. The first-order valence-electron chi connectivity index (χ1n) is 9.38. The smallest absolute Gasteiger partial charge is 0.251 e. The molecule has 0 saturated heterocycles. The zero-order valence-corrected chi connectivity index (χ0v) is 14.5. The molecule has 0 atom stereocenters. The van der Waals surface area contributed by atoms with E-state index in [-0.39, 0.29) is 5.91 Å². The molecule has 4 fully saturated rings. The van der Waals surface area contributed by atoms with E-state index in [9.17, 15) is 4.79 Å². The minimum atomic E-state index is 0.0986. The maximum absolute atomic E-state index is 12.4. The summed E-state index contributed by atoms with van der Waals surface area (Å²) in [5, 5.41) is 3.19. The molecule has 0 aliphatic heterocycles. The monoisotopic (exact) mass is 311 g/mol. The van der Waals surface area contributed by atoms with E-state index in [1.54, 1.807) is 0 Å². The van der Waals surface area contributed by atoms with Crippen LogP contribution in [0.4, 0.5) is 0 Å². The Hall–Kier alpha value is -1.31. The number of carbonyl (C=O) groups excluding carboxylic acids is 1. The molecule has 5 rings (SSSR count). The van der Waals surface area contributed by atoms with E-state index in [0.717, 1.165) is 41.0 Å². The first kappa shape index (κ1) is 15.2. The predicted molar refractivity (Wildman–Crippen MR) is 93.5 cm³/mol. The van der Waals surface area contributed by atoms with Crippen LogP contribution in [0, 0.1) is 37.0 Å². The van der Waals surface area contributed by atoms with Crippen LogP contribution in [0.2, 0.25) is 0 Å². The highest BCUT2D eigenvalue weighted by atomic mass is 16.1. The maximum atomic E-state index is 12.4. The van der Waals surface area contributed by atoms with Crippen LogP contribution in [0.3, 0.4) is 0 Å². The van der Waals surface area contributed by atoms with Gasteiger partial charge in [0.1, 0.15) is 0 Å². The summed E-state index contributed by atoms with van der Waals surface area (Å²) in [6.07, 6.45) is 9.96. The molecule has 1 N–H and O–H groups in total. The Labute approximate surface area is 140 Å². The first-order chi connectivity index (χ1) is 11.0. The van der Waals surface area contributed by atoms with Crippen LogP contribution in [0.5, 0.6) is 0 Å². The van der Waals surface area contributed by atoms with Gasteiger partial charge in [-0.05, 0) is 94.1 Å². The fourth-order valence-electron chi connectivity index (χ4n) is 6.25. The third-order valence-electron chi connectivity index (χ3n) is 6.59. The summed E-state index contributed by atoms with van der Waals surface area (Å²) >= 11 is 0. The summed E-state index contributed by atoms with van der Waals surface area (Å²) in [5.41, 5.74) is 3.70. The molecule has 4 aliphatic rings. The molecule has 2 heteroatoms. The van der Waals surface area contributed by atoms with Gasteiger partial charge in [-0.1, -0.05) is 17.2 Å². The number of rotatable bonds is 4. The molecule has 2 nitrogen and oxygen atoms in total. The molecule has 4 aliphatic carbocycles. The lowest BCUT2D eigenvalue weighted by molar-refractivity contribution is -0.0564. The van der Waals surface area contributed by atoms with E-state index in [1.807, 2.05) is 12.1 Å². The van der Waals surface area contributed by atoms with Gasteiger partial charge >= 0.3 is 0 Å². The van der Waals surface area contributed by atoms with Gasteiger partial charge in [-0.15, -0.1) is 0 Å². The molecule has 0 spiro atoms. The molecular formula is C21H29NO. The largest absolute Gasteiger partial charge is 0.352 e. The fraction of sp³-hybridized carbons (Fsp3) is 0.667. The lowest BCUT2D eigenvalue weighted by atomic mass is 9.49. The molecule has 1 aromatic carbocycles. The normalized spacial score (nSPS) is 34.6. The zero-order valence-electron chi connectivity index (χ0n) is 14.5. The second-order valence-electron chi connectivity index (χ2n) is 8.80. The van der Waals surface area contributed by atoms with Crippen LogP contribution >= 0.6 is 0 Å². The van der Waals surface area contributed by atoms with Gasteiger partial charge in [-0.3, -0.25) is 4.79 Å². The van der Waals surface area contributed by atoms with Crippen molar-refractivity contribution < 1.29 is 4.79 Å².